The van der Waals surface area contributed by atoms with Gasteiger partial charge in [0.2, 0.25) is 0 Å². The summed E-state index contributed by atoms with van der Waals surface area (Å²) >= 11 is 0. The standard InChI is InChI=1S/C25H40FN5/c1-27-25(29-22-12-16-31(17-13-22)23-7-3-4-8-23)28-18-20-10-14-30(15-11-20)19-21-6-2-5-9-24(21)26/h2,5-6,9,20,22-23H,3-4,7-8,10-19H2,1H3,(H2,27,28,29). The fraction of sp³-hybridized carbons (Fsp3) is 0.720. The molecule has 1 aromatic carbocycles. The predicted molar refractivity (Wildman–Crippen MR) is 126 cm³/mol. The highest BCUT2D eigenvalue weighted by Crippen LogP contribution is 2.26. The highest BCUT2D eigenvalue weighted by atomic mass is 19.1. The van der Waals surface area contributed by atoms with Gasteiger partial charge in [-0.25, -0.2) is 4.39 Å². The van der Waals surface area contributed by atoms with E-state index >= 15 is 0 Å². The number of benzene rings is 1. The average molecular weight is 430 g/mol. The van der Waals surface area contributed by atoms with Crippen LogP contribution in [-0.4, -0.2) is 67.6 Å². The van der Waals surface area contributed by atoms with Crippen LogP contribution in [0.5, 0.6) is 0 Å². The van der Waals surface area contributed by atoms with Crippen LogP contribution in [0.4, 0.5) is 4.39 Å². The molecule has 0 spiro atoms. The molecule has 31 heavy (non-hydrogen) atoms. The number of hydrogen-bond acceptors (Lipinski definition) is 3. The number of aliphatic imine (C=N–C) groups is 1. The summed E-state index contributed by atoms with van der Waals surface area (Å²) in [4.78, 5) is 9.57. The molecule has 2 aliphatic heterocycles. The van der Waals surface area contributed by atoms with E-state index in [1.54, 1.807) is 12.1 Å². The Morgan fingerprint density at radius 1 is 1.00 bits per heavy atom. The van der Waals surface area contributed by atoms with Crippen molar-refractivity contribution < 1.29 is 4.39 Å². The smallest absolute Gasteiger partial charge is 0.191 e. The van der Waals surface area contributed by atoms with Crippen LogP contribution in [0.1, 0.15) is 56.9 Å². The van der Waals surface area contributed by atoms with Gasteiger partial charge in [0.05, 0.1) is 0 Å². The number of nitrogens with one attached hydrogen (secondary N) is 2. The zero-order chi connectivity index (χ0) is 21.5. The number of guanidine groups is 1. The molecule has 1 saturated carbocycles. The van der Waals surface area contributed by atoms with Gasteiger partial charge in [-0.1, -0.05) is 31.0 Å². The molecule has 0 unspecified atom stereocenters. The number of likely N-dealkylation sites (tertiary alicyclic amines) is 2. The summed E-state index contributed by atoms with van der Waals surface area (Å²) in [7, 11) is 1.88. The molecule has 5 nitrogen and oxygen atoms in total. The third-order valence-corrected chi connectivity index (χ3v) is 7.55. The van der Waals surface area contributed by atoms with Crippen molar-refractivity contribution in [1.29, 1.82) is 0 Å². The molecular weight excluding hydrogens is 389 g/mol. The predicted octanol–water partition coefficient (Wildman–Crippen LogP) is 3.61. The lowest BCUT2D eigenvalue weighted by atomic mass is 9.96. The van der Waals surface area contributed by atoms with E-state index < -0.39 is 0 Å². The van der Waals surface area contributed by atoms with E-state index in [1.165, 1.54) is 51.6 Å². The van der Waals surface area contributed by atoms with Gasteiger partial charge in [-0.05, 0) is 63.6 Å². The normalized spacial score (nSPS) is 23.4. The van der Waals surface area contributed by atoms with Gasteiger partial charge >= 0.3 is 0 Å². The largest absolute Gasteiger partial charge is 0.356 e. The molecule has 2 N–H and O–H groups in total. The molecule has 1 aromatic rings. The Balaban J connectivity index is 1.13. The second-order valence-electron chi connectivity index (χ2n) is 9.66. The SMILES string of the molecule is CN=C(NCC1CCN(Cc2ccccc2F)CC1)NC1CCN(C2CCCC2)CC1. The number of hydrogen-bond donors (Lipinski definition) is 2. The van der Waals surface area contributed by atoms with E-state index in [0.717, 1.165) is 56.6 Å². The fourth-order valence-corrected chi connectivity index (χ4v) is 5.52. The van der Waals surface area contributed by atoms with E-state index in [9.17, 15) is 4.39 Å². The molecule has 172 valence electrons. The summed E-state index contributed by atoms with van der Waals surface area (Å²) in [6.07, 6.45) is 10.4. The van der Waals surface area contributed by atoms with Gasteiger partial charge in [-0.2, -0.15) is 0 Å². The van der Waals surface area contributed by atoms with Gasteiger partial charge < -0.3 is 15.5 Å². The van der Waals surface area contributed by atoms with E-state index in [-0.39, 0.29) is 5.82 Å². The minimum absolute atomic E-state index is 0.0877. The molecule has 1 aliphatic carbocycles. The molecule has 2 heterocycles. The van der Waals surface area contributed by atoms with Crippen LogP contribution in [0.2, 0.25) is 0 Å². The molecule has 4 rings (SSSR count). The second kappa shape index (κ2) is 11.3. The van der Waals surface area contributed by atoms with Crippen molar-refractivity contribution in [3.05, 3.63) is 35.6 Å². The van der Waals surface area contributed by atoms with E-state index in [4.69, 9.17) is 0 Å². The minimum atomic E-state index is -0.0877. The van der Waals surface area contributed by atoms with Crippen LogP contribution in [0, 0.1) is 11.7 Å². The van der Waals surface area contributed by atoms with Crippen LogP contribution >= 0.6 is 0 Å². The van der Waals surface area contributed by atoms with Crippen LogP contribution in [0.3, 0.4) is 0 Å². The second-order valence-corrected chi connectivity index (χ2v) is 9.66. The molecule has 3 aliphatic rings. The maximum Gasteiger partial charge on any atom is 0.191 e. The highest BCUT2D eigenvalue weighted by molar-refractivity contribution is 5.79. The summed E-state index contributed by atoms with van der Waals surface area (Å²) in [6.45, 7) is 6.20. The lowest BCUT2D eigenvalue weighted by molar-refractivity contribution is 0.150. The van der Waals surface area contributed by atoms with E-state index in [1.807, 2.05) is 19.2 Å². The molecule has 2 saturated heterocycles. The zero-order valence-electron chi connectivity index (χ0n) is 19.2. The maximum absolute atomic E-state index is 13.9. The number of nitrogens with zero attached hydrogens (tertiary/aromatic N) is 3. The first-order valence-electron chi connectivity index (χ1n) is 12.4. The number of rotatable bonds is 6. The monoisotopic (exact) mass is 429 g/mol. The van der Waals surface area contributed by atoms with Gasteiger partial charge in [0.1, 0.15) is 5.82 Å². The van der Waals surface area contributed by atoms with Crippen molar-refractivity contribution in [2.24, 2.45) is 10.9 Å². The minimum Gasteiger partial charge on any atom is -0.356 e. The summed E-state index contributed by atoms with van der Waals surface area (Å²) in [5.74, 6) is 1.52. The first-order chi connectivity index (χ1) is 15.2. The quantitative estimate of drug-likeness (QED) is 0.536. The first kappa shape index (κ1) is 22.5. The molecule has 0 radical (unpaired) electrons. The summed E-state index contributed by atoms with van der Waals surface area (Å²) in [5.41, 5.74) is 0.808. The van der Waals surface area contributed by atoms with Gasteiger partial charge in [0.15, 0.2) is 5.96 Å². The topological polar surface area (TPSA) is 42.9 Å². The van der Waals surface area contributed by atoms with Crippen LogP contribution in [0.25, 0.3) is 0 Å². The van der Waals surface area contributed by atoms with Crippen LogP contribution in [0.15, 0.2) is 29.3 Å². The van der Waals surface area contributed by atoms with Gasteiger partial charge in [-0.15, -0.1) is 0 Å². The van der Waals surface area contributed by atoms with E-state index in [0.29, 0.717) is 12.0 Å². The van der Waals surface area contributed by atoms with Crippen molar-refractivity contribution in [2.75, 3.05) is 39.8 Å². The first-order valence-corrected chi connectivity index (χ1v) is 12.4. The Labute approximate surface area is 187 Å². The highest BCUT2D eigenvalue weighted by Gasteiger charge is 2.27. The van der Waals surface area contributed by atoms with Gasteiger partial charge in [0, 0.05) is 50.9 Å². The number of piperidine rings is 2. The lowest BCUT2D eigenvalue weighted by Gasteiger charge is -2.37. The maximum atomic E-state index is 13.9. The average Bonchev–Trinajstić information content (AvgIpc) is 3.34. The molecule has 6 heteroatoms. The Morgan fingerprint density at radius 2 is 1.71 bits per heavy atom. The summed E-state index contributed by atoms with van der Waals surface area (Å²) < 4.78 is 13.9. The lowest BCUT2D eigenvalue weighted by Crippen LogP contribution is -2.51. The van der Waals surface area contributed by atoms with Crippen molar-refractivity contribution in [3.63, 3.8) is 0 Å². The Kier molecular flexibility index (Phi) is 8.20. The van der Waals surface area contributed by atoms with Gasteiger partial charge in [-0.3, -0.25) is 9.89 Å². The number of halogens is 1. The van der Waals surface area contributed by atoms with Crippen molar-refractivity contribution >= 4 is 5.96 Å². The van der Waals surface area contributed by atoms with Gasteiger partial charge in [0.25, 0.3) is 0 Å². The molecule has 0 bridgehead atoms. The molecular formula is C25H40FN5. The molecule has 0 atom stereocenters. The third kappa shape index (κ3) is 6.42. The Bertz CT molecular complexity index is 702. The summed E-state index contributed by atoms with van der Waals surface area (Å²) in [5, 5.41) is 7.24. The molecule has 3 fully saturated rings. The molecule has 0 amide bonds. The van der Waals surface area contributed by atoms with Crippen molar-refractivity contribution in [3.8, 4) is 0 Å². The Hall–Kier alpha value is -1.66. The van der Waals surface area contributed by atoms with Crippen LogP contribution in [-0.2, 0) is 6.54 Å². The molecule has 0 aromatic heterocycles. The van der Waals surface area contributed by atoms with E-state index in [2.05, 4.69) is 25.4 Å². The Morgan fingerprint density at radius 3 is 2.39 bits per heavy atom. The van der Waals surface area contributed by atoms with Crippen molar-refractivity contribution in [1.82, 2.24) is 20.4 Å². The fourth-order valence-electron chi connectivity index (χ4n) is 5.52. The third-order valence-electron chi connectivity index (χ3n) is 7.55. The summed E-state index contributed by atoms with van der Waals surface area (Å²) in [6, 6.07) is 8.53. The van der Waals surface area contributed by atoms with Crippen LogP contribution < -0.4 is 10.6 Å². The van der Waals surface area contributed by atoms with Crippen molar-refractivity contribution in [2.45, 2.75) is 70.0 Å². The zero-order valence-corrected chi connectivity index (χ0v) is 19.2.